The van der Waals surface area contributed by atoms with Crippen molar-refractivity contribution in [2.24, 2.45) is 0 Å². The van der Waals surface area contributed by atoms with Gasteiger partial charge in [-0.1, -0.05) is 37.3 Å². The normalized spacial score (nSPS) is 10.7. The second-order valence-corrected chi connectivity index (χ2v) is 6.60. The van der Waals surface area contributed by atoms with E-state index in [4.69, 9.17) is 0 Å². The van der Waals surface area contributed by atoms with Gasteiger partial charge in [-0.2, -0.15) is 0 Å². The predicted octanol–water partition coefficient (Wildman–Crippen LogP) is 3.37. The number of likely N-dealkylation sites (N-methyl/N-ethyl adjacent to an activating group) is 1. The summed E-state index contributed by atoms with van der Waals surface area (Å²) in [6.45, 7) is 6.29. The summed E-state index contributed by atoms with van der Waals surface area (Å²) in [5.41, 5.74) is 4.84. The van der Waals surface area contributed by atoms with E-state index in [2.05, 4.69) is 17.6 Å². The fraction of sp³-hybridized carbons (Fsp3) is 0.333. The maximum absolute atomic E-state index is 12.2. The summed E-state index contributed by atoms with van der Waals surface area (Å²) in [6.07, 6.45) is 0.852. The molecule has 0 saturated heterocycles. The molecule has 0 saturated carbocycles. The Morgan fingerprint density at radius 3 is 2.19 bits per heavy atom. The summed E-state index contributed by atoms with van der Waals surface area (Å²) < 4.78 is 0. The van der Waals surface area contributed by atoms with Gasteiger partial charge < -0.3 is 10.6 Å². The van der Waals surface area contributed by atoms with Crippen molar-refractivity contribution in [1.82, 2.24) is 4.90 Å². The van der Waals surface area contributed by atoms with Crippen LogP contribution in [0.1, 0.15) is 23.6 Å². The van der Waals surface area contributed by atoms with E-state index in [1.54, 1.807) is 11.9 Å². The topological polar surface area (TPSA) is 61.4 Å². The Balaban J connectivity index is 1.87. The molecular formula is C21H27N3O2. The van der Waals surface area contributed by atoms with Crippen molar-refractivity contribution in [1.29, 1.82) is 0 Å². The van der Waals surface area contributed by atoms with E-state index in [0.29, 0.717) is 0 Å². The SMILES string of the molecule is CCc1ccccc1NC(=O)CN(C)CC(=O)Nc1cc(C)ccc1C. The Bertz CT molecular complexity index is 787. The highest BCUT2D eigenvalue weighted by molar-refractivity contribution is 5.95. The zero-order chi connectivity index (χ0) is 19.1. The summed E-state index contributed by atoms with van der Waals surface area (Å²) in [6, 6.07) is 13.7. The van der Waals surface area contributed by atoms with Crippen LogP contribution in [0.2, 0.25) is 0 Å². The number of benzene rings is 2. The highest BCUT2D eigenvalue weighted by Gasteiger charge is 2.13. The van der Waals surface area contributed by atoms with Crippen molar-refractivity contribution in [2.75, 3.05) is 30.8 Å². The van der Waals surface area contributed by atoms with Crippen LogP contribution in [0.3, 0.4) is 0 Å². The molecule has 2 rings (SSSR count). The molecule has 2 aromatic rings. The highest BCUT2D eigenvalue weighted by atomic mass is 16.2. The van der Waals surface area contributed by atoms with E-state index in [-0.39, 0.29) is 24.9 Å². The molecule has 0 aliphatic heterocycles. The van der Waals surface area contributed by atoms with Gasteiger partial charge >= 0.3 is 0 Å². The molecule has 5 heteroatoms. The number of carbonyl (C=O) groups is 2. The Morgan fingerprint density at radius 1 is 0.923 bits per heavy atom. The van der Waals surface area contributed by atoms with Crippen molar-refractivity contribution < 1.29 is 9.59 Å². The molecule has 0 unspecified atom stereocenters. The van der Waals surface area contributed by atoms with E-state index in [9.17, 15) is 9.59 Å². The second-order valence-electron chi connectivity index (χ2n) is 6.60. The van der Waals surface area contributed by atoms with E-state index >= 15 is 0 Å². The standard InChI is InChI=1S/C21H27N3O2/c1-5-17-8-6-7-9-18(17)22-20(25)13-24(4)14-21(26)23-19-12-15(2)10-11-16(19)3/h6-12H,5,13-14H2,1-4H3,(H,22,25)(H,23,26). The highest BCUT2D eigenvalue weighted by Crippen LogP contribution is 2.17. The molecule has 138 valence electrons. The van der Waals surface area contributed by atoms with Crippen LogP contribution in [0, 0.1) is 13.8 Å². The molecule has 2 N–H and O–H groups in total. The van der Waals surface area contributed by atoms with Gasteiger partial charge in [0.15, 0.2) is 0 Å². The average molecular weight is 353 g/mol. The summed E-state index contributed by atoms with van der Waals surface area (Å²) in [5, 5.41) is 5.83. The van der Waals surface area contributed by atoms with Gasteiger partial charge in [-0.3, -0.25) is 14.5 Å². The zero-order valence-corrected chi connectivity index (χ0v) is 15.9. The molecule has 0 atom stereocenters. The molecule has 2 amide bonds. The van der Waals surface area contributed by atoms with Crippen molar-refractivity contribution in [3.8, 4) is 0 Å². The molecule has 0 aliphatic carbocycles. The second kappa shape index (κ2) is 9.15. The first-order valence-corrected chi connectivity index (χ1v) is 8.82. The van der Waals surface area contributed by atoms with Crippen LogP contribution in [0.25, 0.3) is 0 Å². The lowest BCUT2D eigenvalue weighted by molar-refractivity contribution is -0.119. The lowest BCUT2D eigenvalue weighted by Gasteiger charge is -2.17. The van der Waals surface area contributed by atoms with Gasteiger partial charge in [-0.25, -0.2) is 0 Å². The quantitative estimate of drug-likeness (QED) is 0.802. The lowest BCUT2D eigenvalue weighted by Crippen LogP contribution is -2.36. The number of nitrogens with one attached hydrogen (secondary N) is 2. The molecule has 2 aromatic carbocycles. The van der Waals surface area contributed by atoms with E-state index in [1.807, 2.05) is 56.3 Å². The Hall–Kier alpha value is -2.66. The molecule has 0 aliphatic rings. The first-order valence-electron chi connectivity index (χ1n) is 8.82. The van der Waals surface area contributed by atoms with Crippen molar-refractivity contribution >= 4 is 23.2 Å². The third kappa shape index (κ3) is 5.70. The number of hydrogen-bond acceptors (Lipinski definition) is 3. The predicted molar refractivity (Wildman–Crippen MR) is 106 cm³/mol. The maximum Gasteiger partial charge on any atom is 0.238 e. The Labute approximate surface area is 155 Å². The number of carbonyl (C=O) groups excluding carboxylic acids is 2. The molecule has 0 spiro atoms. The Morgan fingerprint density at radius 2 is 1.54 bits per heavy atom. The van der Waals surface area contributed by atoms with Crippen LogP contribution in [0.4, 0.5) is 11.4 Å². The van der Waals surface area contributed by atoms with Gasteiger partial charge in [-0.05, 0) is 56.1 Å². The number of amides is 2. The number of para-hydroxylation sites is 1. The van der Waals surface area contributed by atoms with Crippen LogP contribution in [0.15, 0.2) is 42.5 Å². The summed E-state index contributed by atoms with van der Waals surface area (Å²) in [4.78, 5) is 26.2. The molecule has 0 aromatic heterocycles. The molecule has 0 radical (unpaired) electrons. The molecule has 0 heterocycles. The van der Waals surface area contributed by atoms with Gasteiger partial charge in [0.05, 0.1) is 13.1 Å². The third-order valence-electron chi connectivity index (χ3n) is 4.17. The molecule has 5 nitrogen and oxygen atoms in total. The van der Waals surface area contributed by atoms with Gasteiger partial charge in [0.2, 0.25) is 11.8 Å². The summed E-state index contributed by atoms with van der Waals surface area (Å²) >= 11 is 0. The number of rotatable bonds is 7. The van der Waals surface area contributed by atoms with Gasteiger partial charge in [-0.15, -0.1) is 0 Å². The van der Waals surface area contributed by atoms with E-state index in [0.717, 1.165) is 34.5 Å². The first kappa shape index (κ1) is 19.7. The molecular weight excluding hydrogens is 326 g/mol. The minimum atomic E-state index is -0.136. The van der Waals surface area contributed by atoms with Gasteiger partial charge in [0, 0.05) is 11.4 Å². The van der Waals surface area contributed by atoms with Crippen LogP contribution < -0.4 is 10.6 Å². The van der Waals surface area contributed by atoms with Crippen LogP contribution in [0.5, 0.6) is 0 Å². The molecule has 26 heavy (non-hydrogen) atoms. The maximum atomic E-state index is 12.2. The monoisotopic (exact) mass is 353 g/mol. The van der Waals surface area contributed by atoms with Crippen LogP contribution >= 0.6 is 0 Å². The average Bonchev–Trinajstić information content (AvgIpc) is 2.58. The van der Waals surface area contributed by atoms with E-state index < -0.39 is 0 Å². The first-order chi connectivity index (χ1) is 12.4. The lowest BCUT2D eigenvalue weighted by atomic mass is 10.1. The minimum absolute atomic E-state index is 0.132. The fourth-order valence-electron chi connectivity index (χ4n) is 2.75. The van der Waals surface area contributed by atoms with Crippen molar-refractivity contribution in [2.45, 2.75) is 27.2 Å². The third-order valence-corrected chi connectivity index (χ3v) is 4.17. The van der Waals surface area contributed by atoms with Crippen LogP contribution in [-0.2, 0) is 16.0 Å². The number of nitrogens with zero attached hydrogens (tertiary/aromatic N) is 1. The largest absolute Gasteiger partial charge is 0.325 e. The molecule has 0 bridgehead atoms. The smallest absolute Gasteiger partial charge is 0.238 e. The Kier molecular flexibility index (Phi) is 6.92. The van der Waals surface area contributed by atoms with Crippen molar-refractivity contribution in [3.63, 3.8) is 0 Å². The minimum Gasteiger partial charge on any atom is -0.325 e. The molecule has 0 fully saturated rings. The fourth-order valence-corrected chi connectivity index (χ4v) is 2.75. The number of aryl methyl sites for hydroxylation is 3. The van der Waals surface area contributed by atoms with Crippen LogP contribution in [-0.4, -0.2) is 36.9 Å². The van der Waals surface area contributed by atoms with Gasteiger partial charge in [0.1, 0.15) is 0 Å². The zero-order valence-electron chi connectivity index (χ0n) is 15.9. The number of anilines is 2. The van der Waals surface area contributed by atoms with E-state index in [1.165, 1.54) is 0 Å². The van der Waals surface area contributed by atoms with Gasteiger partial charge in [0.25, 0.3) is 0 Å². The summed E-state index contributed by atoms with van der Waals surface area (Å²) in [5.74, 6) is -0.268. The number of hydrogen-bond donors (Lipinski definition) is 2. The summed E-state index contributed by atoms with van der Waals surface area (Å²) in [7, 11) is 1.76. The van der Waals surface area contributed by atoms with Crippen molar-refractivity contribution in [3.05, 3.63) is 59.2 Å².